The van der Waals surface area contributed by atoms with Crippen LogP contribution in [0.3, 0.4) is 0 Å². The van der Waals surface area contributed by atoms with E-state index in [0.717, 1.165) is 11.1 Å². The average Bonchev–Trinajstić information content (AvgIpc) is 2.33. The highest BCUT2D eigenvalue weighted by Gasteiger charge is 2.06. The summed E-state index contributed by atoms with van der Waals surface area (Å²) < 4.78 is 0. The number of nitrogen functional groups attached to an aromatic ring is 2. The van der Waals surface area contributed by atoms with Crippen molar-refractivity contribution in [2.45, 2.75) is 0 Å². The molecule has 0 bridgehead atoms. The summed E-state index contributed by atoms with van der Waals surface area (Å²) in [5.41, 5.74) is 14.5. The molecule has 2 aromatic rings. The lowest BCUT2D eigenvalue weighted by Gasteiger charge is -2.08. The predicted molar refractivity (Wildman–Crippen MR) is 67.7 cm³/mol. The molecule has 0 saturated heterocycles. The SMILES string of the molecule is Nc1cccc(-c2ccc(C(=O)O)cc2)c1N. The largest absolute Gasteiger partial charge is 0.478 e. The van der Waals surface area contributed by atoms with Crippen molar-refractivity contribution in [2.75, 3.05) is 11.5 Å². The van der Waals surface area contributed by atoms with Crippen LogP contribution in [0.5, 0.6) is 0 Å². The van der Waals surface area contributed by atoms with E-state index in [1.165, 1.54) is 0 Å². The van der Waals surface area contributed by atoms with E-state index in [9.17, 15) is 4.79 Å². The molecule has 0 amide bonds. The first-order chi connectivity index (χ1) is 8.09. The van der Waals surface area contributed by atoms with Crippen LogP contribution in [-0.4, -0.2) is 11.1 Å². The van der Waals surface area contributed by atoms with Crippen molar-refractivity contribution < 1.29 is 9.90 Å². The molecule has 0 aromatic heterocycles. The number of carboxylic acid groups (broad SMARTS) is 1. The molecule has 0 radical (unpaired) electrons. The Hall–Kier alpha value is -2.49. The van der Waals surface area contributed by atoms with Crippen LogP contribution in [-0.2, 0) is 0 Å². The Kier molecular flexibility index (Phi) is 2.70. The Labute approximate surface area is 98.5 Å². The van der Waals surface area contributed by atoms with Crippen molar-refractivity contribution in [3.05, 3.63) is 48.0 Å². The van der Waals surface area contributed by atoms with Crippen LogP contribution in [0, 0.1) is 0 Å². The maximum absolute atomic E-state index is 10.7. The Balaban J connectivity index is 2.47. The van der Waals surface area contributed by atoms with Gasteiger partial charge in [-0.1, -0.05) is 24.3 Å². The number of rotatable bonds is 2. The Morgan fingerprint density at radius 2 is 1.65 bits per heavy atom. The third kappa shape index (κ3) is 2.06. The molecular formula is C13H12N2O2. The van der Waals surface area contributed by atoms with Crippen molar-refractivity contribution in [3.8, 4) is 11.1 Å². The standard InChI is InChI=1S/C13H12N2O2/c14-11-3-1-2-10(12(11)15)8-4-6-9(7-5-8)13(16)17/h1-7H,14-15H2,(H,16,17). The highest BCUT2D eigenvalue weighted by atomic mass is 16.4. The molecule has 2 rings (SSSR count). The van der Waals surface area contributed by atoms with Gasteiger partial charge in [-0.25, -0.2) is 4.79 Å². The Bertz CT molecular complexity index is 562. The first-order valence-corrected chi connectivity index (χ1v) is 5.07. The molecule has 0 aliphatic heterocycles. The number of carbonyl (C=O) groups is 1. The summed E-state index contributed by atoms with van der Waals surface area (Å²) in [4.78, 5) is 10.7. The van der Waals surface area contributed by atoms with E-state index in [1.807, 2.05) is 12.1 Å². The molecule has 0 heterocycles. The van der Waals surface area contributed by atoms with Crippen molar-refractivity contribution in [1.29, 1.82) is 0 Å². The fourth-order valence-electron chi connectivity index (χ4n) is 1.63. The summed E-state index contributed by atoms with van der Waals surface area (Å²) in [6, 6.07) is 11.9. The van der Waals surface area contributed by atoms with E-state index >= 15 is 0 Å². The molecule has 2 aromatic carbocycles. The van der Waals surface area contributed by atoms with E-state index in [4.69, 9.17) is 16.6 Å². The molecule has 0 unspecified atom stereocenters. The minimum Gasteiger partial charge on any atom is -0.478 e. The van der Waals surface area contributed by atoms with Crippen LogP contribution in [0.4, 0.5) is 11.4 Å². The molecule has 0 aliphatic carbocycles. The zero-order valence-corrected chi connectivity index (χ0v) is 9.05. The van der Waals surface area contributed by atoms with Crippen molar-refractivity contribution in [2.24, 2.45) is 0 Å². The second-order valence-electron chi connectivity index (χ2n) is 3.69. The number of hydrogen-bond donors (Lipinski definition) is 3. The topological polar surface area (TPSA) is 89.3 Å². The van der Waals surface area contributed by atoms with E-state index in [1.54, 1.807) is 30.3 Å². The van der Waals surface area contributed by atoms with Crippen LogP contribution in [0.15, 0.2) is 42.5 Å². The maximum atomic E-state index is 10.7. The van der Waals surface area contributed by atoms with E-state index in [0.29, 0.717) is 11.4 Å². The minimum atomic E-state index is -0.947. The van der Waals surface area contributed by atoms with Crippen LogP contribution in [0.1, 0.15) is 10.4 Å². The predicted octanol–water partition coefficient (Wildman–Crippen LogP) is 2.22. The van der Waals surface area contributed by atoms with Gasteiger partial charge in [0.25, 0.3) is 0 Å². The van der Waals surface area contributed by atoms with Crippen molar-refractivity contribution in [3.63, 3.8) is 0 Å². The summed E-state index contributed by atoms with van der Waals surface area (Å²) in [7, 11) is 0. The third-order valence-electron chi connectivity index (χ3n) is 2.58. The third-order valence-corrected chi connectivity index (χ3v) is 2.58. The lowest BCUT2D eigenvalue weighted by Crippen LogP contribution is -1.98. The molecule has 4 nitrogen and oxygen atoms in total. The molecule has 86 valence electrons. The maximum Gasteiger partial charge on any atom is 0.335 e. The minimum absolute atomic E-state index is 0.247. The molecular weight excluding hydrogens is 216 g/mol. The fourth-order valence-corrected chi connectivity index (χ4v) is 1.63. The van der Waals surface area contributed by atoms with Gasteiger partial charge in [-0.2, -0.15) is 0 Å². The van der Waals surface area contributed by atoms with Gasteiger partial charge in [-0.3, -0.25) is 0 Å². The summed E-state index contributed by atoms with van der Waals surface area (Å²) in [5.74, 6) is -0.947. The summed E-state index contributed by atoms with van der Waals surface area (Å²) in [6.07, 6.45) is 0. The number of carboxylic acids is 1. The smallest absolute Gasteiger partial charge is 0.335 e. The Morgan fingerprint density at radius 3 is 2.24 bits per heavy atom. The lowest BCUT2D eigenvalue weighted by molar-refractivity contribution is 0.0697. The van der Waals surface area contributed by atoms with E-state index in [2.05, 4.69) is 0 Å². The monoisotopic (exact) mass is 228 g/mol. The molecule has 4 heteroatoms. The van der Waals surface area contributed by atoms with Crippen LogP contribution in [0.2, 0.25) is 0 Å². The van der Waals surface area contributed by atoms with Gasteiger partial charge in [0, 0.05) is 5.56 Å². The lowest BCUT2D eigenvalue weighted by atomic mass is 10.0. The van der Waals surface area contributed by atoms with Gasteiger partial charge in [0.1, 0.15) is 0 Å². The van der Waals surface area contributed by atoms with Crippen LogP contribution in [0.25, 0.3) is 11.1 Å². The number of para-hydroxylation sites is 1. The second kappa shape index (κ2) is 4.17. The van der Waals surface area contributed by atoms with Gasteiger partial charge in [-0.15, -0.1) is 0 Å². The second-order valence-corrected chi connectivity index (χ2v) is 3.69. The van der Waals surface area contributed by atoms with E-state index < -0.39 is 5.97 Å². The zero-order valence-electron chi connectivity index (χ0n) is 9.05. The summed E-state index contributed by atoms with van der Waals surface area (Å²) in [6.45, 7) is 0. The van der Waals surface area contributed by atoms with Gasteiger partial charge in [0.15, 0.2) is 0 Å². The van der Waals surface area contributed by atoms with Gasteiger partial charge in [0.05, 0.1) is 16.9 Å². The number of nitrogens with two attached hydrogens (primary N) is 2. The summed E-state index contributed by atoms with van der Waals surface area (Å²) >= 11 is 0. The van der Waals surface area contributed by atoms with E-state index in [-0.39, 0.29) is 5.56 Å². The fraction of sp³-hybridized carbons (Fsp3) is 0. The van der Waals surface area contributed by atoms with Gasteiger partial charge < -0.3 is 16.6 Å². The molecule has 17 heavy (non-hydrogen) atoms. The summed E-state index contributed by atoms with van der Waals surface area (Å²) in [5, 5.41) is 8.80. The van der Waals surface area contributed by atoms with Gasteiger partial charge in [0.2, 0.25) is 0 Å². The van der Waals surface area contributed by atoms with Crippen molar-refractivity contribution in [1.82, 2.24) is 0 Å². The number of hydrogen-bond acceptors (Lipinski definition) is 3. The number of aromatic carboxylic acids is 1. The van der Waals surface area contributed by atoms with Crippen LogP contribution < -0.4 is 11.5 Å². The molecule has 0 fully saturated rings. The van der Waals surface area contributed by atoms with Crippen LogP contribution >= 0.6 is 0 Å². The highest BCUT2D eigenvalue weighted by Crippen LogP contribution is 2.29. The molecule has 0 atom stereocenters. The Morgan fingerprint density at radius 1 is 1.00 bits per heavy atom. The molecule has 0 aliphatic rings. The highest BCUT2D eigenvalue weighted by molar-refractivity contribution is 5.89. The van der Waals surface area contributed by atoms with Gasteiger partial charge >= 0.3 is 5.97 Å². The first kappa shape index (κ1) is 11.0. The number of benzene rings is 2. The zero-order chi connectivity index (χ0) is 12.4. The van der Waals surface area contributed by atoms with Crippen molar-refractivity contribution >= 4 is 17.3 Å². The first-order valence-electron chi connectivity index (χ1n) is 5.07. The number of anilines is 2. The average molecular weight is 228 g/mol. The molecule has 0 saturated carbocycles. The molecule has 5 N–H and O–H groups in total. The normalized spacial score (nSPS) is 10.1. The van der Waals surface area contributed by atoms with Gasteiger partial charge in [-0.05, 0) is 23.8 Å². The molecule has 0 spiro atoms. The quantitative estimate of drug-likeness (QED) is 0.687.